The smallest absolute Gasteiger partial charge is 0.475 e. The van der Waals surface area contributed by atoms with Crippen molar-refractivity contribution in [3.05, 3.63) is 72.1 Å². The number of aliphatic carboxylic acids is 2. The quantitative estimate of drug-likeness (QED) is 0.194. The highest BCUT2D eigenvalue weighted by Crippen LogP contribution is 2.20. The lowest BCUT2D eigenvalue weighted by atomic mass is 10.1. The number of morpholine rings is 1. The van der Waals surface area contributed by atoms with E-state index in [2.05, 4.69) is 31.0 Å². The van der Waals surface area contributed by atoms with Crippen LogP contribution in [0.3, 0.4) is 0 Å². The molecule has 0 unspecified atom stereocenters. The van der Waals surface area contributed by atoms with Gasteiger partial charge in [-0.15, -0.1) is 0 Å². The number of H-pyrrole nitrogens is 1. The van der Waals surface area contributed by atoms with Crippen LogP contribution in [0.5, 0.6) is 0 Å². The van der Waals surface area contributed by atoms with Crippen molar-refractivity contribution >= 4 is 29.6 Å². The van der Waals surface area contributed by atoms with Crippen LogP contribution in [0.1, 0.15) is 15.9 Å². The third-order valence-electron chi connectivity index (χ3n) is 5.95. The van der Waals surface area contributed by atoms with Gasteiger partial charge in [0.25, 0.3) is 5.91 Å². The minimum atomic E-state index is -5.08. The fourth-order valence-electron chi connectivity index (χ4n) is 3.54. The first kappa shape index (κ1) is 38.0. The normalized spacial score (nSPS) is 13.1. The topological polar surface area (TPSA) is 186 Å². The molecule has 4 rings (SSSR count). The minimum Gasteiger partial charge on any atom is -0.475 e. The number of carboxylic acids is 2. The van der Waals surface area contributed by atoms with Gasteiger partial charge in [-0.25, -0.2) is 14.4 Å². The van der Waals surface area contributed by atoms with Crippen molar-refractivity contribution in [1.29, 1.82) is 0 Å². The Morgan fingerprint density at radius 2 is 1.38 bits per heavy atom. The number of alkyl halides is 6. The van der Waals surface area contributed by atoms with Gasteiger partial charge in [0.15, 0.2) is 0 Å². The first-order valence-corrected chi connectivity index (χ1v) is 13.5. The number of carbonyl (C=O) groups is 4. The second-order valence-electron chi connectivity index (χ2n) is 9.38. The monoisotopic (exact) mass is 676 g/mol. The highest BCUT2D eigenvalue weighted by Gasteiger charge is 2.38. The highest BCUT2D eigenvalue weighted by atomic mass is 19.4. The van der Waals surface area contributed by atoms with Crippen LogP contribution in [0.2, 0.25) is 0 Å². The van der Waals surface area contributed by atoms with Crippen LogP contribution in [0, 0.1) is 0 Å². The Morgan fingerprint density at radius 3 is 1.87 bits per heavy atom. The number of halogens is 6. The number of aromatic amines is 1. The fourth-order valence-corrected chi connectivity index (χ4v) is 3.54. The van der Waals surface area contributed by atoms with Crippen LogP contribution in [0.15, 0.2) is 60.9 Å². The van der Waals surface area contributed by atoms with E-state index in [0.29, 0.717) is 24.3 Å². The molecule has 0 saturated carbocycles. The average Bonchev–Trinajstić information content (AvgIpc) is 3.56. The van der Waals surface area contributed by atoms with Gasteiger partial charge in [-0.2, -0.15) is 31.4 Å². The Kier molecular flexibility index (Phi) is 14.6. The second kappa shape index (κ2) is 18.1. The SMILES string of the molecule is O=C(NCc1ccc(C(=O)NCCN2CCOCC2)cc1)Nc1ccc(-c2cn[nH]c2)cc1.O=C(O)C(F)(F)F.O=C(O)C(F)(F)F. The van der Waals surface area contributed by atoms with E-state index >= 15 is 0 Å². The van der Waals surface area contributed by atoms with Crippen LogP contribution < -0.4 is 16.0 Å². The molecule has 47 heavy (non-hydrogen) atoms. The summed E-state index contributed by atoms with van der Waals surface area (Å²) < 4.78 is 68.8. The van der Waals surface area contributed by atoms with E-state index in [1.54, 1.807) is 18.3 Å². The molecule has 2 heterocycles. The maximum Gasteiger partial charge on any atom is 0.490 e. The highest BCUT2D eigenvalue weighted by molar-refractivity contribution is 5.94. The largest absolute Gasteiger partial charge is 0.490 e. The number of hydrogen-bond donors (Lipinski definition) is 6. The van der Waals surface area contributed by atoms with Gasteiger partial charge < -0.3 is 30.9 Å². The van der Waals surface area contributed by atoms with Crippen molar-refractivity contribution in [2.45, 2.75) is 18.9 Å². The van der Waals surface area contributed by atoms with Crippen LogP contribution >= 0.6 is 0 Å². The Bertz CT molecular complexity index is 1400. The molecule has 0 spiro atoms. The van der Waals surface area contributed by atoms with Crippen LogP contribution in [-0.4, -0.2) is 101 Å². The van der Waals surface area contributed by atoms with Crippen molar-refractivity contribution in [2.75, 3.05) is 44.7 Å². The van der Waals surface area contributed by atoms with Crippen LogP contribution in [-0.2, 0) is 20.9 Å². The predicted molar refractivity (Wildman–Crippen MR) is 153 cm³/mol. The molecule has 1 aliphatic heterocycles. The molecular formula is C28H30F6N6O7. The van der Waals surface area contributed by atoms with E-state index in [0.717, 1.165) is 49.5 Å². The molecule has 1 fully saturated rings. The van der Waals surface area contributed by atoms with E-state index in [4.69, 9.17) is 24.5 Å². The van der Waals surface area contributed by atoms with Gasteiger partial charge in [0, 0.05) is 55.7 Å². The third-order valence-corrected chi connectivity index (χ3v) is 5.95. The first-order valence-electron chi connectivity index (χ1n) is 13.5. The minimum absolute atomic E-state index is 0.0978. The lowest BCUT2D eigenvalue weighted by molar-refractivity contribution is -0.193. The Morgan fingerprint density at radius 1 is 0.830 bits per heavy atom. The summed E-state index contributed by atoms with van der Waals surface area (Å²) in [5.41, 5.74) is 4.21. The molecule has 1 saturated heterocycles. The molecule has 13 nitrogen and oxygen atoms in total. The summed E-state index contributed by atoms with van der Waals surface area (Å²) in [7, 11) is 0. The van der Waals surface area contributed by atoms with Gasteiger partial charge in [0.2, 0.25) is 0 Å². The summed E-state index contributed by atoms with van der Waals surface area (Å²) >= 11 is 0. The summed E-state index contributed by atoms with van der Waals surface area (Å²) in [4.78, 5) is 44.6. The molecular weight excluding hydrogens is 646 g/mol. The second-order valence-corrected chi connectivity index (χ2v) is 9.38. The van der Waals surface area contributed by atoms with E-state index in [1.165, 1.54) is 0 Å². The number of nitrogens with one attached hydrogen (secondary N) is 4. The molecule has 3 amide bonds. The Labute approximate surface area is 262 Å². The summed E-state index contributed by atoms with van der Waals surface area (Å²) in [5.74, 6) is -5.61. The number of anilines is 1. The standard InChI is InChI=1S/C24H28N6O3.2C2HF3O2/c31-23(25-9-10-30-11-13-33-14-12-30)20-3-1-18(2-4-20)15-26-24(32)29-22-7-5-19(6-8-22)21-16-27-28-17-21;2*3-2(4,5)1(6)7/h1-8,16-17H,9-15H2,(H,25,31)(H,27,28)(H2,26,29,32);2*(H,6,7). The number of carboxylic acid groups (broad SMARTS) is 2. The number of ether oxygens (including phenoxy) is 1. The zero-order valence-electron chi connectivity index (χ0n) is 24.3. The van der Waals surface area contributed by atoms with Gasteiger partial charge in [0.05, 0.1) is 19.4 Å². The average molecular weight is 677 g/mol. The molecule has 19 heteroatoms. The lowest BCUT2D eigenvalue weighted by Gasteiger charge is -2.26. The van der Waals surface area contributed by atoms with Gasteiger partial charge >= 0.3 is 30.3 Å². The molecule has 0 bridgehead atoms. The Hall–Kier alpha value is -5.17. The first-order chi connectivity index (χ1) is 22.1. The molecule has 3 aromatic rings. The van der Waals surface area contributed by atoms with Gasteiger partial charge in [-0.3, -0.25) is 14.8 Å². The van der Waals surface area contributed by atoms with E-state index in [-0.39, 0.29) is 11.9 Å². The number of aromatic nitrogens is 2. The summed E-state index contributed by atoms with van der Waals surface area (Å²) in [6, 6.07) is 14.5. The van der Waals surface area contributed by atoms with Gasteiger partial charge in [-0.05, 0) is 35.4 Å². The van der Waals surface area contributed by atoms with E-state index in [9.17, 15) is 35.9 Å². The molecule has 256 valence electrons. The summed E-state index contributed by atoms with van der Waals surface area (Å²) in [5, 5.41) is 29.6. The number of amides is 3. The molecule has 1 aromatic heterocycles. The van der Waals surface area contributed by atoms with Gasteiger partial charge in [-0.1, -0.05) is 24.3 Å². The maximum absolute atomic E-state index is 12.3. The van der Waals surface area contributed by atoms with Crippen molar-refractivity contribution < 1.29 is 60.5 Å². The zero-order valence-corrected chi connectivity index (χ0v) is 24.3. The molecule has 0 aliphatic carbocycles. The van der Waals surface area contributed by atoms with Crippen LogP contribution in [0.25, 0.3) is 11.1 Å². The molecule has 2 aromatic carbocycles. The van der Waals surface area contributed by atoms with Crippen molar-refractivity contribution in [3.63, 3.8) is 0 Å². The van der Waals surface area contributed by atoms with E-state index in [1.807, 2.05) is 42.6 Å². The van der Waals surface area contributed by atoms with Gasteiger partial charge in [0.1, 0.15) is 0 Å². The van der Waals surface area contributed by atoms with Crippen molar-refractivity contribution in [1.82, 2.24) is 25.7 Å². The zero-order chi connectivity index (χ0) is 35.0. The summed E-state index contributed by atoms with van der Waals surface area (Å²) in [6.45, 7) is 5.09. The van der Waals surface area contributed by atoms with Crippen molar-refractivity contribution in [2.24, 2.45) is 0 Å². The number of hydrogen-bond acceptors (Lipinski definition) is 7. The number of benzene rings is 2. The number of urea groups is 1. The molecule has 6 N–H and O–H groups in total. The number of nitrogens with zero attached hydrogens (tertiary/aromatic N) is 2. The summed E-state index contributed by atoms with van der Waals surface area (Å²) in [6.07, 6.45) is -6.61. The van der Waals surface area contributed by atoms with Crippen molar-refractivity contribution in [3.8, 4) is 11.1 Å². The fraction of sp³-hybridized carbons (Fsp3) is 0.321. The maximum atomic E-state index is 12.3. The number of carbonyl (C=O) groups excluding carboxylic acids is 2. The van der Waals surface area contributed by atoms with Crippen LogP contribution in [0.4, 0.5) is 36.8 Å². The van der Waals surface area contributed by atoms with E-state index < -0.39 is 24.3 Å². The molecule has 0 atom stereocenters. The molecule has 0 radical (unpaired) electrons. The number of rotatable bonds is 8. The lowest BCUT2D eigenvalue weighted by Crippen LogP contribution is -2.41. The molecule has 1 aliphatic rings. The predicted octanol–water partition coefficient (Wildman–Crippen LogP) is 3.73. The Balaban J connectivity index is 0.000000459. The third kappa shape index (κ3) is 14.6.